The summed E-state index contributed by atoms with van der Waals surface area (Å²) in [6.07, 6.45) is 9.32. The van der Waals surface area contributed by atoms with E-state index in [1.807, 2.05) is 24.3 Å². The maximum Gasteiger partial charge on any atom is 0.314 e. The van der Waals surface area contributed by atoms with E-state index < -0.39 is 0 Å². The van der Waals surface area contributed by atoms with E-state index in [4.69, 9.17) is 9.47 Å². The average molecular weight is 347 g/mol. The van der Waals surface area contributed by atoms with E-state index in [2.05, 4.69) is 20.8 Å². The molecule has 3 atom stereocenters. The molecule has 0 spiro atoms. The summed E-state index contributed by atoms with van der Waals surface area (Å²) < 4.78 is 11.3. The minimum atomic E-state index is -0.0684. The number of hydrogen-bond acceptors (Lipinski definition) is 3. The highest BCUT2D eigenvalue weighted by molar-refractivity contribution is 5.75. The van der Waals surface area contributed by atoms with Gasteiger partial charge >= 0.3 is 5.97 Å². The largest absolute Gasteiger partial charge is 0.494 e. The summed E-state index contributed by atoms with van der Waals surface area (Å²) in [5.41, 5.74) is 0. The van der Waals surface area contributed by atoms with Crippen LogP contribution < -0.4 is 9.47 Å². The van der Waals surface area contributed by atoms with Crippen LogP contribution in [-0.2, 0) is 4.79 Å². The third-order valence-corrected chi connectivity index (χ3v) is 5.36. The normalized spacial score (nSPS) is 23.2. The highest BCUT2D eigenvalue weighted by atomic mass is 16.5. The van der Waals surface area contributed by atoms with Crippen molar-refractivity contribution in [2.45, 2.75) is 72.1 Å². The topological polar surface area (TPSA) is 35.5 Å². The molecule has 0 amide bonds. The Hall–Kier alpha value is -1.51. The summed E-state index contributed by atoms with van der Waals surface area (Å²) in [5, 5.41) is 0. The minimum absolute atomic E-state index is 0.0401. The van der Waals surface area contributed by atoms with E-state index in [-0.39, 0.29) is 11.9 Å². The third-order valence-electron chi connectivity index (χ3n) is 5.36. The molecular weight excluding hydrogens is 312 g/mol. The van der Waals surface area contributed by atoms with Gasteiger partial charge in [0, 0.05) is 0 Å². The van der Waals surface area contributed by atoms with Crippen LogP contribution in [0.15, 0.2) is 24.3 Å². The van der Waals surface area contributed by atoms with Gasteiger partial charge in [0.05, 0.1) is 12.5 Å². The smallest absolute Gasteiger partial charge is 0.314 e. The van der Waals surface area contributed by atoms with Crippen molar-refractivity contribution < 1.29 is 14.3 Å². The summed E-state index contributed by atoms with van der Waals surface area (Å²) in [4.78, 5) is 12.5. The second-order valence-electron chi connectivity index (χ2n) is 7.50. The van der Waals surface area contributed by atoms with Gasteiger partial charge in [0.25, 0.3) is 0 Å². The minimum Gasteiger partial charge on any atom is -0.494 e. The predicted molar refractivity (Wildman–Crippen MR) is 102 cm³/mol. The number of rotatable bonds is 9. The van der Waals surface area contributed by atoms with Crippen LogP contribution in [0.4, 0.5) is 0 Å². The van der Waals surface area contributed by atoms with Crippen molar-refractivity contribution >= 4 is 5.97 Å². The van der Waals surface area contributed by atoms with Gasteiger partial charge in [-0.15, -0.1) is 0 Å². The Labute approximate surface area is 153 Å². The van der Waals surface area contributed by atoms with Crippen LogP contribution in [0.2, 0.25) is 0 Å². The van der Waals surface area contributed by atoms with E-state index in [1.165, 1.54) is 19.3 Å². The molecule has 0 aliphatic heterocycles. The van der Waals surface area contributed by atoms with Gasteiger partial charge in [0.2, 0.25) is 0 Å². The fourth-order valence-electron chi connectivity index (χ4n) is 3.74. The number of carbonyl (C=O) groups excluding carboxylic acids is 1. The first-order valence-corrected chi connectivity index (χ1v) is 10.1. The summed E-state index contributed by atoms with van der Waals surface area (Å²) in [6, 6.07) is 7.42. The Balaban J connectivity index is 1.81. The molecule has 3 heteroatoms. The number of ether oxygens (including phenoxy) is 2. The maximum atomic E-state index is 12.5. The van der Waals surface area contributed by atoms with Gasteiger partial charge in [0.1, 0.15) is 11.5 Å². The first-order valence-electron chi connectivity index (χ1n) is 10.1. The number of esters is 1. The molecule has 0 aromatic heterocycles. The summed E-state index contributed by atoms with van der Waals surface area (Å²) in [6.45, 7) is 7.32. The Kier molecular flexibility index (Phi) is 8.30. The number of benzene rings is 1. The van der Waals surface area contributed by atoms with Gasteiger partial charge in [-0.25, -0.2) is 0 Å². The van der Waals surface area contributed by atoms with Crippen LogP contribution >= 0.6 is 0 Å². The summed E-state index contributed by atoms with van der Waals surface area (Å²) in [7, 11) is 0. The van der Waals surface area contributed by atoms with Crippen LogP contribution in [0.5, 0.6) is 11.5 Å². The van der Waals surface area contributed by atoms with Crippen molar-refractivity contribution in [1.82, 2.24) is 0 Å². The quantitative estimate of drug-likeness (QED) is 0.312. The first kappa shape index (κ1) is 19.8. The van der Waals surface area contributed by atoms with E-state index in [0.717, 1.165) is 50.4 Å². The zero-order valence-electron chi connectivity index (χ0n) is 16.1. The molecule has 0 heterocycles. The number of hydrogen-bond donors (Lipinski definition) is 0. The Morgan fingerprint density at radius 3 is 2.36 bits per heavy atom. The molecule has 2 rings (SSSR count). The molecule has 1 saturated carbocycles. The fraction of sp³-hybridized carbons (Fsp3) is 0.682. The molecule has 0 unspecified atom stereocenters. The van der Waals surface area contributed by atoms with Crippen LogP contribution in [0.3, 0.4) is 0 Å². The van der Waals surface area contributed by atoms with E-state index in [9.17, 15) is 4.79 Å². The molecule has 25 heavy (non-hydrogen) atoms. The highest BCUT2D eigenvalue weighted by Gasteiger charge is 2.33. The molecule has 1 fully saturated rings. The summed E-state index contributed by atoms with van der Waals surface area (Å²) >= 11 is 0. The van der Waals surface area contributed by atoms with Crippen molar-refractivity contribution in [2.75, 3.05) is 6.61 Å². The molecule has 0 bridgehead atoms. The zero-order chi connectivity index (χ0) is 18.1. The standard InChI is InChI=1S/C22H34O3/c1-4-6-8-18-9-14-21(17(3)16-18)22(23)25-20-12-10-19(11-13-20)24-15-7-5-2/h10-13,17-18,21H,4-9,14-16H2,1-3H3/t17-,18+,21-/m1/s1. The molecule has 1 aromatic rings. The van der Waals surface area contributed by atoms with E-state index in [0.29, 0.717) is 11.7 Å². The van der Waals surface area contributed by atoms with Crippen molar-refractivity contribution in [3.05, 3.63) is 24.3 Å². The Morgan fingerprint density at radius 2 is 1.72 bits per heavy atom. The van der Waals surface area contributed by atoms with Gasteiger partial charge in [-0.2, -0.15) is 0 Å². The van der Waals surface area contributed by atoms with E-state index >= 15 is 0 Å². The molecule has 0 radical (unpaired) electrons. The van der Waals surface area contributed by atoms with Crippen LogP contribution in [0, 0.1) is 17.8 Å². The lowest BCUT2D eigenvalue weighted by Gasteiger charge is -2.32. The molecule has 1 aromatic carbocycles. The third kappa shape index (κ3) is 6.37. The number of carbonyl (C=O) groups is 1. The Morgan fingerprint density at radius 1 is 1.04 bits per heavy atom. The lowest BCUT2D eigenvalue weighted by atomic mass is 9.73. The summed E-state index contributed by atoms with van der Waals surface area (Å²) in [5.74, 6) is 2.63. The Bertz CT molecular complexity index is 509. The molecule has 140 valence electrons. The lowest BCUT2D eigenvalue weighted by Crippen LogP contribution is -2.32. The maximum absolute atomic E-state index is 12.5. The van der Waals surface area contributed by atoms with Gasteiger partial charge in [-0.05, 0) is 61.8 Å². The number of unbranched alkanes of at least 4 members (excludes halogenated alkanes) is 2. The van der Waals surface area contributed by atoms with Crippen molar-refractivity contribution in [1.29, 1.82) is 0 Å². The molecule has 1 aliphatic carbocycles. The predicted octanol–water partition coefficient (Wildman–Crippen LogP) is 6.01. The second kappa shape index (κ2) is 10.5. The molecule has 1 aliphatic rings. The SMILES string of the molecule is CCCCOc1ccc(OC(=O)[C@@H]2CC[C@H](CCCC)C[C@H]2C)cc1. The molecule has 0 saturated heterocycles. The van der Waals surface area contributed by atoms with Gasteiger partial charge in [-0.1, -0.05) is 46.5 Å². The van der Waals surface area contributed by atoms with Crippen LogP contribution in [-0.4, -0.2) is 12.6 Å². The van der Waals surface area contributed by atoms with Crippen molar-refractivity contribution in [2.24, 2.45) is 17.8 Å². The average Bonchev–Trinajstić information content (AvgIpc) is 2.61. The molecule has 0 N–H and O–H groups in total. The van der Waals surface area contributed by atoms with Gasteiger partial charge in [0.15, 0.2) is 0 Å². The van der Waals surface area contributed by atoms with Crippen LogP contribution in [0.1, 0.15) is 72.1 Å². The fourth-order valence-corrected chi connectivity index (χ4v) is 3.74. The first-order chi connectivity index (χ1) is 12.1. The van der Waals surface area contributed by atoms with Crippen molar-refractivity contribution in [3.8, 4) is 11.5 Å². The van der Waals surface area contributed by atoms with Crippen molar-refractivity contribution in [3.63, 3.8) is 0 Å². The second-order valence-corrected chi connectivity index (χ2v) is 7.50. The molecule has 3 nitrogen and oxygen atoms in total. The monoisotopic (exact) mass is 346 g/mol. The zero-order valence-corrected chi connectivity index (χ0v) is 16.1. The highest BCUT2D eigenvalue weighted by Crippen LogP contribution is 2.37. The van der Waals surface area contributed by atoms with E-state index in [1.54, 1.807) is 0 Å². The van der Waals surface area contributed by atoms with Crippen LogP contribution in [0.25, 0.3) is 0 Å². The lowest BCUT2D eigenvalue weighted by molar-refractivity contribution is -0.142. The van der Waals surface area contributed by atoms with Gasteiger partial charge < -0.3 is 9.47 Å². The van der Waals surface area contributed by atoms with Gasteiger partial charge in [-0.3, -0.25) is 4.79 Å². The molecular formula is C22H34O3.